The summed E-state index contributed by atoms with van der Waals surface area (Å²) in [6.07, 6.45) is 3.25. The third-order valence-corrected chi connectivity index (χ3v) is 4.16. The van der Waals surface area contributed by atoms with Gasteiger partial charge >= 0.3 is 5.97 Å². The standard InChI is InChI=1S/C15H20N4O2/c1-2-7-18-8-5-12(6-9-18)19-14-10-11(15(20)21)3-4-13(14)16-17-19/h3-4,10,12H,2,5-9H2,1H3,(H,20,21). The highest BCUT2D eigenvalue weighted by molar-refractivity contribution is 5.92. The summed E-state index contributed by atoms with van der Waals surface area (Å²) in [5.74, 6) is -0.914. The maximum Gasteiger partial charge on any atom is 0.335 e. The Morgan fingerprint density at radius 1 is 1.38 bits per heavy atom. The lowest BCUT2D eigenvalue weighted by molar-refractivity contribution is 0.0697. The molecule has 1 saturated heterocycles. The van der Waals surface area contributed by atoms with E-state index < -0.39 is 5.97 Å². The van der Waals surface area contributed by atoms with Crippen LogP contribution in [0.25, 0.3) is 11.0 Å². The van der Waals surface area contributed by atoms with Crippen molar-refractivity contribution in [1.82, 2.24) is 19.9 Å². The number of benzene rings is 1. The normalized spacial score (nSPS) is 17.4. The molecule has 0 amide bonds. The average molecular weight is 288 g/mol. The van der Waals surface area contributed by atoms with Crippen molar-refractivity contribution in [2.75, 3.05) is 19.6 Å². The molecule has 0 bridgehead atoms. The Morgan fingerprint density at radius 2 is 2.14 bits per heavy atom. The number of hydrogen-bond donors (Lipinski definition) is 1. The Hall–Kier alpha value is -1.95. The summed E-state index contributed by atoms with van der Waals surface area (Å²) in [5, 5.41) is 17.5. The van der Waals surface area contributed by atoms with Gasteiger partial charge in [-0.25, -0.2) is 9.48 Å². The minimum absolute atomic E-state index is 0.287. The fraction of sp³-hybridized carbons (Fsp3) is 0.533. The number of aromatic carboxylic acids is 1. The average Bonchev–Trinajstić information content (AvgIpc) is 2.91. The number of rotatable bonds is 4. The molecule has 1 N–H and O–H groups in total. The van der Waals surface area contributed by atoms with Crippen LogP contribution in [0.4, 0.5) is 0 Å². The van der Waals surface area contributed by atoms with Gasteiger partial charge in [0.25, 0.3) is 0 Å². The monoisotopic (exact) mass is 288 g/mol. The van der Waals surface area contributed by atoms with Gasteiger partial charge in [0.1, 0.15) is 5.52 Å². The second-order valence-electron chi connectivity index (χ2n) is 5.62. The first-order valence-electron chi connectivity index (χ1n) is 7.49. The molecule has 1 aromatic carbocycles. The summed E-state index contributed by atoms with van der Waals surface area (Å²) in [4.78, 5) is 13.6. The first kappa shape index (κ1) is 14.0. The summed E-state index contributed by atoms with van der Waals surface area (Å²) in [6, 6.07) is 5.30. The highest BCUT2D eigenvalue weighted by atomic mass is 16.4. The number of hydrogen-bond acceptors (Lipinski definition) is 4. The van der Waals surface area contributed by atoms with Crippen molar-refractivity contribution in [2.45, 2.75) is 32.2 Å². The van der Waals surface area contributed by atoms with E-state index in [0.717, 1.165) is 43.5 Å². The van der Waals surface area contributed by atoms with E-state index in [1.807, 2.05) is 4.68 Å². The van der Waals surface area contributed by atoms with E-state index in [-0.39, 0.29) is 5.56 Å². The summed E-state index contributed by atoms with van der Waals surface area (Å²) in [5.41, 5.74) is 1.87. The van der Waals surface area contributed by atoms with Crippen molar-refractivity contribution in [1.29, 1.82) is 0 Å². The van der Waals surface area contributed by atoms with Crippen molar-refractivity contribution >= 4 is 17.0 Å². The Kier molecular flexibility index (Phi) is 3.88. The first-order chi connectivity index (χ1) is 10.2. The van der Waals surface area contributed by atoms with Crippen LogP contribution in [0.15, 0.2) is 18.2 Å². The number of carboxylic acids is 1. The molecule has 3 rings (SSSR count). The van der Waals surface area contributed by atoms with Crippen molar-refractivity contribution in [3.05, 3.63) is 23.8 Å². The lowest BCUT2D eigenvalue weighted by atomic mass is 10.0. The van der Waals surface area contributed by atoms with Gasteiger partial charge in [-0.2, -0.15) is 0 Å². The summed E-state index contributed by atoms with van der Waals surface area (Å²) >= 11 is 0. The number of piperidine rings is 1. The molecule has 112 valence electrons. The van der Waals surface area contributed by atoms with Crippen LogP contribution in [-0.2, 0) is 0 Å². The maximum atomic E-state index is 11.1. The zero-order valence-corrected chi connectivity index (χ0v) is 12.2. The Bertz CT molecular complexity index is 644. The molecule has 2 heterocycles. The molecule has 6 heteroatoms. The van der Waals surface area contributed by atoms with Crippen LogP contribution in [0, 0.1) is 0 Å². The maximum absolute atomic E-state index is 11.1. The first-order valence-corrected chi connectivity index (χ1v) is 7.49. The molecule has 2 aromatic rings. The number of carbonyl (C=O) groups is 1. The van der Waals surface area contributed by atoms with E-state index in [2.05, 4.69) is 22.1 Å². The van der Waals surface area contributed by atoms with Crippen molar-refractivity contribution in [3.8, 4) is 0 Å². The minimum atomic E-state index is -0.914. The number of aromatic nitrogens is 3. The molecule has 0 saturated carbocycles. The fourth-order valence-corrected chi connectivity index (χ4v) is 3.04. The van der Waals surface area contributed by atoms with Crippen LogP contribution in [-0.4, -0.2) is 50.6 Å². The minimum Gasteiger partial charge on any atom is -0.478 e. The lowest BCUT2D eigenvalue weighted by Crippen LogP contribution is -2.35. The zero-order chi connectivity index (χ0) is 14.8. The molecule has 1 aliphatic rings. The fourth-order valence-electron chi connectivity index (χ4n) is 3.04. The van der Waals surface area contributed by atoms with Gasteiger partial charge in [0, 0.05) is 13.1 Å². The quantitative estimate of drug-likeness (QED) is 0.933. The lowest BCUT2D eigenvalue weighted by Gasteiger charge is -2.31. The molecule has 0 spiro atoms. The van der Waals surface area contributed by atoms with Crippen molar-refractivity contribution in [2.24, 2.45) is 0 Å². The van der Waals surface area contributed by atoms with Crippen LogP contribution in [0.2, 0.25) is 0 Å². The third-order valence-electron chi connectivity index (χ3n) is 4.16. The van der Waals surface area contributed by atoms with Gasteiger partial charge in [-0.15, -0.1) is 5.10 Å². The number of carboxylic acid groups (broad SMARTS) is 1. The van der Waals surface area contributed by atoms with E-state index in [9.17, 15) is 4.79 Å². The smallest absolute Gasteiger partial charge is 0.335 e. The van der Waals surface area contributed by atoms with E-state index in [1.54, 1.807) is 18.2 Å². The molecule has 6 nitrogen and oxygen atoms in total. The van der Waals surface area contributed by atoms with E-state index in [4.69, 9.17) is 5.11 Å². The van der Waals surface area contributed by atoms with Gasteiger partial charge in [-0.1, -0.05) is 12.1 Å². The predicted molar refractivity (Wildman–Crippen MR) is 79.5 cm³/mol. The summed E-state index contributed by atoms with van der Waals surface area (Å²) in [6.45, 7) is 5.48. The van der Waals surface area contributed by atoms with Gasteiger partial charge in [-0.05, 0) is 44.0 Å². The molecular formula is C15H20N4O2. The van der Waals surface area contributed by atoms with Crippen LogP contribution in [0.5, 0.6) is 0 Å². The van der Waals surface area contributed by atoms with Gasteiger partial charge in [0.05, 0.1) is 17.1 Å². The predicted octanol–water partition coefficient (Wildman–Crippen LogP) is 2.18. The van der Waals surface area contributed by atoms with Crippen molar-refractivity contribution < 1.29 is 9.90 Å². The molecule has 0 atom stereocenters. The number of nitrogens with zero attached hydrogens (tertiary/aromatic N) is 4. The zero-order valence-electron chi connectivity index (χ0n) is 12.2. The Labute approximate surface area is 123 Å². The second-order valence-corrected chi connectivity index (χ2v) is 5.62. The molecule has 0 unspecified atom stereocenters. The van der Waals surface area contributed by atoms with Crippen LogP contribution < -0.4 is 0 Å². The van der Waals surface area contributed by atoms with Gasteiger partial charge in [0.2, 0.25) is 0 Å². The molecule has 0 aliphatic carbocycles. The SMILES string of the molecule is CCCN1CCC(n2nnc3ccc(C(=O)O)cc32)CC1. The highest BCUT2D eigenvalue weighted by Gasteiger charge is 2.22. The van der Waals surface area contributed by atoms with E-state index in [1.165, 1.54) is 6.42 Å². The second kappa shape index (κ2) is 5.81. The molecule has 21 heavy (non-hydrogen) atoms. The van der Waals surface area contributed by atoms with Gasteiger partial charge in [0.15, 0.2) is 0 Å². The topological polar surface area (TPSA) is 71.2 Å². The van der Waals surface area contributed by atoms with Crippen LogP contribution in [0.3, 0.4) is 0 Å². The number of fused-ring (bicyclic) bond motifs is 1. The third kappa shape index (κ3) is 2.76. The molecule has 1 aliphatic heterocycles. The molecule has 1 fully saturated rings. The van der Waals surface area contributed by atoms with Gasteiger partial charge in [-0.3, -0.25) is 0 Å². The molecular weight excluding hydrogens is 268 g/mol. The largest absolute Gasteiger partial charge is 0.478 e. The Balaban J connectivity index is 1.84. The van der Waals surface area contributed by atoms with Crippen LogP contribution >= 0.6 is 0 Å². The van der Waals surface area contributed by atoms with E-state index >= 15 is 0 Å². The number of likely N-dealkylation sites (tertiary alicyclic amines) is 1. The van der Waals surface area contributed by atoms with Crippen molar-refractivity contribution in [3.63, 3.8) is 0 Å². The van der Waals surface area contributed by atoms with Gasteiger partial charge < -0.3 is 10.0 Å². The summed E-state index contributed by atoms with van der Waals surface area (Å²) < 4.78 is 1.91. The summed E-state index contributed by atoms with van der Waals surface area (Å²) in [7, 11) is 0. The Morgan fingerprint density at radius 3 is 2.81 bits per heavy atom. The van der Waals surface area contributed by atoms with E-state index in [0.29, 0.717) is 6.04 Å². The molecule has 1 aromatic heterocycles. The highest BCUT2D eigenvalue weighted by Crippen LogP contribution is 2.25. The van der Waals surface area contributed by atoms with Crippen LogP contribution in [0.1, 0.15) is 42.6 Å². The molecule has 0 radical (unpaired) electrons.